The Hall–Kier alpha value is -0.940. The van der Waals surface area contributed by atoms with Gasteiger partial charge in [-0.3, -0.25) is 4.99 Å². The van der Waals surface area contributed by atoms with Crippen molar-refractivity contribution in [2.24, 2.45) is 10.8 Å². The van der Waals surface area contributed by atoms with Crippen molar-refractivity contribution in [1.29, 1.82) is 0 Å². The second-order valence-electron chi connectivity index (χ2n) is 2.23. The Morgan fingerprint density at radius 1 is 1.83 bits per heavy atom. The van der Waals surface area contributed by atoms with Gasteiger partial charge in [-0.15, -0.1) is 11.3 Å². The molecular formula is C7H12N4S. The number of rotatable bonds is 2. The topological polar surface area (TPSA) is 63.3 Å². The second-order valence-corrected chi connectivity index (χ2v) is 3.09. The molecule has 0 aromatic carbocycles. The van der Waals surface area contributed by atoms with E-state index in [2.05, 4.69) is 15.4 Å². The fourth-order valence-corrected chi connectivity index (χ4v) is 1.64. The van der Waals surface area contributed by atoms with E-state index in [0.717, 1.165) is 23.0 Å². The fourth-order valence-electron chi connectivity index (χ4n) is 0.870. The van der Waals surface area contributed by atoms with E-state index < -0.39 is 0 Å². The number of hydrogen-bond donors (Lipinski definition) is 2. The molecule has 12 heavy (non-hydrogen) atoms. The highest BCUT2D eigenvalue weighted by atomic mass is 32.1. The molecule has 3 N–H and O–H groups in total. The molecule has 0 unspecified atom stereocenters. The summed E-state index contributed by atoms with van der Waals surface area (Å²) in [6.07, 6.45) is 0. The summed E-state index contributed by atoms with van der Waals surface area (Å²) in [5.74, 6) is 6.04. The zero-order valence-corrected chi connectivity index (χ0v) is 7.98. The molecule has 0 saturated carbocycles. The minimum absolute atomic E-state index is 0.719. The number of aliphatic imine (C=N–C) groups is 1. The van der Waals surface area contributed by atoms with E-state index in [1.807, 2.05) is 13.8 Å². The molecule has 1 aromatic rings. The van der Waals surface area contributed by atoms with Crippen LogP contribution >= 0.6 is 11.3 Å². The number of hydrogen-bond acceptors (Lipinski definition) is 4. The number of hydrazine groups is 1. The van der Waals surface area contributed by atoms with Crippen LogP contribution in [0.4, 0.5) is 0 Å². The Morgan fingerprint density at radius 2 is 2.58 bits per heavy atom. The lowest BCUT2D eigenvalue weighted by molar-refractivity contribution is 0.992. The van der Waals surface area contributed by atoms with Crippen molar-refractivity contribution in [3.8, 4) is 0 Å². The summed E-state index contributed by atoms with van der Waals surface area (Å²) in [4.78, 5) is 9.32. The van der Waals surface area contributed by atoms with Crippen molar-refractivity contribution in [2.45, 2.75) is 13.8 Å². The first-order valence-corrected chi connectivity index (χ1v) is 4.59. The third-order valence-corrected chi connectivity index (χ3v) is 2.35. The summed E-state index contributed by atoms with van der Waals surface area (Å²) in [7, 11) is 0. The fraction of sp³-hybridized carbons (Fsp3) is 0.429. The Labute approximate surface area is 75.5 Å². The molecule has 0 aliphatic carbocycles. The number of amidine groups is 1. The lowest BCUT2D eigenvalue weighted by atomic mass is 10.4. The van der Waals surface area contributed by atoms with Crippen molar-refractivity contribution < 1.29 is 0 Å². The Morgan fingerprint density at radius 3 is 3.00 bits per heavy atom. The summed E-state index contributed by atoms with van der Waals surface area (Å²) in [5, 5.41) is 0. The maximum atomic E-state index is 5.32. The van der Waals surface area contributed by atoms with Crippen molar-refractivity contribution in [1.82, 2.24) is 10.4 Å². The van der Waals surface area contributed by atoms with E-state index in [-0.39, 0.29) is 0 Å². The van der Waals surface area contributed by atoms with Crippen LogP contribution < -0.4 is 11.3 Å². The molecule has 0 atom stereocenters. The van der Waals surface area contributed by atoms with E-state index in [0.29, 0.717) is 0 Å². The van der Waals surface area contributed by atoms with Crippen molar-refractivity contribution in [3.63, 3.8) is 0 Å². The first kappa shape index (κ1) is 9.15. The summed E-state index contributed by atoms with van der Waals surface area (Å²) < 4.78 is 0. The van der Waals surface area contributed by atoms with Crippen LogP contribution in [0.5, 0.6) is 0 Å². The Kier molecular flexibility index (Phi) is 3.19. The molecule has 0 bridgehead atoms. The van der Waals surface area contributed by atoms with Crippen LogP contribution in [0.15, 0.2) is 10.5 Å². The maximum Gasteiger partial charge on any atom is 0.154 e. The zero-order chi connectivity index (χ0) is 8.97. The monoisotopic (exact) mass is 184 g/mol. The lowest BCUT2D eigenvalue weighted by Gasteiger charge is -2.01. The second kappa shape index (κ2) is 4.18. The molecule has 1 rings (SSSR count). The Balaban J connectivity index is 2.95. The molecule has 66 valence electrons. The number of nitrogens with one attached hydrogen (secondary N) is 1. The molecular weight excluding hydrogens is 172 g/mol. The van der Waals surface area contributed by atoms with Gasteiger partial charge in [-0.1, -0.05) is 0 Å². The predicted octanol–water partition coefficient (Wildman–Crippen LogP) is 0.681. The van der Waals surface area contributed by atoms with Crippen LogP contribution in [0.25, 0.3) is 0 Å². The lowest BCUT2D eigenvalue weighted by Crippen LogP contribution is -2.31. The first-order valence-electron chi connectivity index (χ1n) is 3.71. The van der Waals surface area contributed by atoms with Crippen LogP contribution in [0.1, 0.15) is 17.5 Å². The SMILES string of the molecule is CCN=C(NN)c1scnc1C. The van der Waals surface area contributed by atoms with Gasteiger partial charge < -0.3 is 5.43 Å². The third-order valence-electron chi connectivity index (χ3n) is 1.41. The van der Waals surface area contributed by atoms with Gasteiger partial charge in [0, 0.05) is 6.54 Å². The van der Waals surface area contributed by atoms with E-state index >= 15 is 0 Å². The maximum absolute atomic E-state index is 5.32. The summed E-state index contributed by atoms with van der Waals surface area (Å²) in [5.41, 5.74) is 5.31. The molecule has 0 spiro atoms. The minimum Gasteiger partial charge on any atom is -0.308 e. The molecule has 0 radical (unpaired) electrons. The smallest absolute Gasteiger partial charge is 0.154 e. The number of nitrogens with zero attached hydrogens (tertiary/aromatic N) is 2. The van der Waals surface area contributed by atoms with Crippen molar-refractivity contribution >= 4 is 17.2 Å². The Bertz CT molecular complexity index is 279. The highest BCUT2D eigenvalue weighted by molar-refractivity contribution is 7.12. The molecule has 1 heterocycles. The van der Waals surface area contributed by atoms with Gasteiger partial charge in [0.05, 0.1) is 16.1 Å². The van der Waals surface area contributed by atoms with Crippen LogP contribution in [0, 0.1) is 6.92 Å². The van der Waals surface area contributed by atoms with Crippen molar-refractivity contribution in [3.05, 3.63) is 16.1 Å². The molecule has 0 aliphatic rings. The van der Waals surface area contributed by atoms with Gasteiger partial charge in [0.15, 0.2) is 5.84 Å². The highest BCUT2D eigenvalue weighted by Gasteiger charge is 2.06. The van der Waals surface area contributed by atoms with E-state index in [4.69, 9.17) is 5.84 Å². The van der Waals surface area contributed by atoms with Gasteiger partial charge in [0.2, 0.25) is 0 Å². The van der Waals surface area contributed by atoms with Crippen LogP contribution in [0.3, 0.4) is 0 Å². The number of aromatic nitrogens is 1. The van der Waals surface area contributed by atoms with E-state index in [1.165, 1.54) is 11.3 Å². The predicted molar refractivity (Wildman–Crippen MR) is 51.3 cm³/mol. The zero-order valence-electron chi connectivity index (χ0n) is 7.16. The van der Waals surface area contributed by atoms with E-state index in [9.17, 15) is 0 Å². The van der Waals surface area contributed by atoms with Crippen LogP contribution in [-0.4, -0.2) is 17.4 Å². The standard InChI is InChI=1S/C7H12N4S/c1-3-9-7(11-8)6-5(2)10-4-12-6/h4H,3,8H2,1-2H3,(H,9,11). The summed E-state index contributed by atoms with van der Waals surface area (Å²) in [6, 6.07) is 0. The van der Waals surface area contributed by atoms with Crippen molar-refractivity contribution in [2.75, 3.05) is 6.54 Å². The molecule has 0 saturated heterocycles. The molecule has 0 fully saturated rings. The normalized spacial score (nSPS) is 11.8. The van der Waals surface area contributed by atoms with Gasteiger partial charge in [-0.05, 0) is 13.8 Å². The van der Waals surface area contributed by atoms with Crippen LogP contribution in [0.2, 0.25) is 0 Å². The van der Waals surface area contributed by atoms with Gasteiger partial charge in [-0.25, -0.2) is 10.8 Å². The first-order chi connectivity index (χ1) is 5.79. The number of nitrogens with two attached hydrogens (primary N) is 1. The van der Waals surface area contributed by atoms with E-state index in [1.54, 1.807) is 5.51 Å². The summed E-state index contributed by atoms with van der Waals surface area (Å²) >= 11 is 1.54. The molecule has 4 nitrogen and oxygen atoms in total. The average molecular weight is 184 g/mol. The number of aryl methyl sites for hydroxylation is 1. The highest BCUT2D eigenvalue weighted by Crippen LogP contribution is 2.11. The largest absolute Gasteiger partial charge is 0.308 e. The average Bonchev–Trinajstić information content (AvgIpc) is 2.47. The quantitative estimate of drug-likeness (QED) is 0.307. The number of thiazole rings is 1. The summed E-state index contributed by atoms with van der Waals surface area (Å²) in [6.45, 7) is 4.62. The molecule has 0 amide bonds. The van der Waals surface area contributed by atoms with Gasteiger partial charge >= 0.3 is 0 Å². The molecule has 1 aromatic heterocycles. The third kappa shape index (κ3) is 1.80. The molecule has 0 aliphatic heterocycles. The van der Waals surface area contributed by atoms with Gasteiger partial charge in [-0.2, -0.15) is 0 Å². The minimum atomic E-state index is 0.719. The van der Waals surface area contributed by atoms with Gasteiger partial charge in [0.25, 0.3) is 0 Å². The van der Waals surface area contributed by atoms with Gasteiger partial charge in [0.1, 0.15) is 0 Å². The molecule has 5 heteroatoms. The van der Waals surface area contributed by atoms with Crippen LogP contribution in [-0.2, 0) is 0 Å².